The molecule has 0 fully saturated rings. The predicted molar refractivity (Wildman–Crippen MR) is 98.2 cm³/mol. The topological polar surface area (TPSA) is 52.6 Å². The Kier molecular flexibility index (Phi) is 6.99. The molecule has 0 aliphatic rings. The van der Waals surface area contributed by atoms with Gasteiger partial charge in [-0.2, -0.15) is 0 Å². The van der Waals surface area contributed by atoms with Crippen molar-refractivity contribution in [2.24, 2.45) is 0 Å². The van der Waals surface area contributed by atoms with Crippen LogP contribution in [0.4, 0.5) is 0 Å². The van der Waals surface area contributed by atoms with Gasteiger partial charge in [0.15, 0.2) is 5.78 Å². The molecule has 2 aromatic rings. The van der Waals surface area contributed by atoms with E-state index < -0.39 is 5.97 Å². The molecule has 0 aliphatic carbocycles. The minimum Gasteiger partial charge on any atom is -0.487 e. The second kappa shape index (κ2) is 8.99. The molecule has 0 amide bonds. The first-order valence-corrected chi connectivity index (χ1v) is 8.95. The highest BCUT2D eigenvalue weighted by molar-refractivity contribution is 9.11. The smallest absolute Gasteiger partial charge is 0.313 e. The van der Waals surface area contributed by atoms with Gasteiger partial charge in [-0.3, -0.25) is 9.59 Å². The average molecular weight is 456 g/mol. The molecule has 2 rings (SSSR count). The van der Waals surface area contributed by atoms with Gasteiger partial charge in [-0.15, -0.1) is 0 Å². The molecule has 0 heterocycles. The third kappa shape index (κ3) is 4.92. The van der Waals surface area contributed by atoms with Crippen LogP contribution < -0.4 is 4.74 Å². The SMILES string of the molecule is CCOC(=O)CC(=O)c1ccc(Br)c(OCc2ccccc2)c1Br. The largest absolute Gasteiger partial charge is 0.487 e. The third-order valence-electron chi connectivity index (χ3n) is 3.19. The summed E-state index contributed by atoms with van der Waals surface area (Å²) in [6, 6.07) is 13.1. The zero-order valence-corrected chi connectivity index (χ0v) is 16.2. The molecule has 0 aliphatic heterocycles. The van der Waals surface area contributed by atoms with Gasteiger partial charge < -0.3 is 9.47 Å². The summed E-state index contributed by atoms with van der Waals surface area (Å²) in [7, 11) is 0. The molecular formula is C18H16Br2O4. The Bertz CT molecular complexity index is 729. The molecule has 0 aromatic heterocycles. The molecule has 0 unspecified atom stereocenters. The Hall–Kier alpha value is -1.66. The molecule has 0 spiro atoms. The number of hydrogen-bond acceptors (Lipinski definition) is 4. The monoisotopic (exact) mass is 454 g/mol. The highest BCUT2D eigenvalue weighted by atomic mass is 79.9. The zero-order chi connectivity index (χ0) is 17.5. The van der Waals surface area contributed by atoms with Crippen LogP contribution in [0.1, 0.15) is 29.3 Å². The average Bonchev–Trinajstić information content (AvgIpc) is 2.55. The fraction of sp³-hybridized carbons (Fsp3) is 0.222. The van der Waals surface area contributed by atoms with E-state index in [2.05, 4.69) is 31.9 Å². The van der Waals surface area contributed by atoms with Gasteiger partial charge in [0.1, 0.15) is 18.8 Å². The second-order valence-electron chi connectivity index (χ2n) is 4.92. The molecule has 0 N–H and O–H groups in total. The molecule has 6 heteroatoms. The van der Waals surface area contributed by atoms with E-state index in [-0.39, 0.29) is 18.8 Å². The molecule has 0 radical (unpaired) electrons. The lowest BCUT2D eigenvalue weighted by molar-refractivity contribution is -0.141. The number of ether oxygens (including phenoxy) is 2. The number of Topliss-reactive ketones (excluding diaryl/α,β-unsaturated/α-hetero) is 1. The summed E-state index contributed by atoms with van der Waals surface area (Å²) in [6.07, 6.45) is -0.299. The first-order valence-electron chi connectivity index (χ1n) is 7.36. The van der Waals surface area contributed by atoms with E-state index in [4.69, 9.17) is 9.47 Å². The van der Waals surface area contributed by atoms with Crippen LogP contribution in [0.2, 0.25) is 0 Å². The van der Waals surface area contributed by atoms with Crippen LogP contribution in [0.15, 0.2) is 51.4 Å². The minimum absolute atomic E-state index is 0.249. The number of ketones is 1. The summed E-state index contributed by atoms with van der Waals surface area (Å²) in [4.78, 5) is 23.8. The maximum atomic E-state index is 12.3. The van der Waals surface area contributed by atoms with E-state index in [1.54, 1.807) is 19.1 Å². The van der Waals surface area contributed by atoms with E-state index >= 15 is 0 Å². The van der Waals surface area contributed by atoms with Gasteiger partial charge in [-0.25, -0.2) is 0 Å². The summed E-state index contributed by atoms with van der Waals surface area (Å²) >= 11 is 6.83. The number of carbonyl (C=O) groups excluding carboxylic acids is 2. The predicted octanol–water partition coefficient (Wildman–Crippen LogP) is 4.93. The van der Waals surface area contributed by atoms with Gasteiger partial charge in [0, 0.05) is 5.56 Å². The number of halogens is 2. The van der Waals surface area contributed by atoms with Crippen molar-refractivity contribution < 1.29 is 19.1 Å². The van der Waals surface area contributed by atoms with Gasteiger partial charge in [0.05, 0.1) is 15.6 Å². The van der Waals surface area contributed by atoms with Crippen LogP contribution in [0.25, 0.3) is 0 Å². The van der Waals surface area contributed by atoms with E-state index in [0.29, 0.717) is 22.4 Å². The summed E-state index contributed by atoms with van der Waals surface area (Å²) in [6.45, 7) is 2.32. The minimum atomic E-state index is -0.538. The van der Waals surface area contributed by atoms with Gasteiger partial charge in [-0.05, 0) is 56.5 Å². The van der Waals surface area contributed by atoms with Gasteiger partial charge in [0.2, 0.25) is 0 Å². The first kappa shape index (κ1) is 18.7. The van der Waals surface area contributed by atoms with E-state index in [9.17, 15) is 9.59 Å². The molecule has 24 heavy (non-hydrogen) atoms. The van der Waals surface area contributed by atoms with Gasteiger partial charge in [-0.1, -0.05) is 30.3 Å². The van der Waals surface area contributed by atoms with Crippen molar-refractivity contribution in [1.29, 1.82) is 0 Å². The van der Waals surface area contributed by atoms with Crippen molar-refractivity contribution in [3.05, 3.63) is 62.5 Å². The Labute approximate surface area is 157 Å². The second-order valence-corrected chi connectivity index (χ2v) is 6.56. The number of rotatable bonds is 7. The Morgan fingerprint density at radius 2 is 1.75 bits per heavy atom. The first-order chi connectivity index (χ1) is 11.5. The molecular weight excluding hydrogens is 440 g/mol. The van der Waals surface area contributed by atoms with Crippen LogP contribution in [0, 0.1) is 0 Å². The van der Waals surface area contributed by atoms with E-state index in [0.717, 1.165) is 10.0 Å². The van der Waals surface area contributed by atoms with E-state index in [1.165, 1.54) is 0 Å². The highest BCUT2D eigenvalue weighted by Crippen LogP contribution is 2.37. The fourth-order valence-corrected chi connectivity index (χ4v) is 3.44. The maximum absolute atomic E-state index is 12.3. The Morgan fingerprint density at radius 1 is 1.04 bits per heavy atom. The number of carbonyl (C=O) groups is 2. The number of hydrogen-bond donors (Lipinski definition) is 0. The van der Waals surface area contributed by atoms with Crippen LogP contribution in [0.3, 0.4) is 0 Å². The van der Waals surface area contributed by atoms with Crippen LogP contribution >= 0.6 is 31.9 Å². The quantitative estimate of drug-likeness (QED) is 0.337. The Balaban J connectivity index is 2.17. The fourth-order valence-electron chi connectivity index (χ4n) is 2.05. The molecule has 0 saturated heterocycles. The molecule has 4 nitrogen and oxygen atoms in total. The lowest BCUT2D eigenvalue weighted by Crippen LogP contribution is -2.12. The number of esters is 1. The maximum Gasteiger partial charge on any atom is 0.313 e. The summed E-state index contributed by atoms with van der Waals surface area (Å²) in [5.41, 5.74) is 1.40. The standard InChI is InChI=1S/C18H16Br2O4/c1-2-23-16(22)10-15(21)13-8-9-14(19)18(17(13)20)24-11-12-6-4-3-5-7-12/h3-9H,2,10-11H2,1H3. The molecule has 0 saturated carbocycles. The van der Waals surface area contributed by atoms with Crippen molar-refractivity contribution in [2.45, 2.75) is 20.0 Å². The van der Waals surface area contributed by atoms with Crippen LogP contribution in [-0.4, -0.2) is 18.4 Å². The summed E-state index contributed by atoms with van der Waals surface area (Å²) < 4.78 is 11.9. The summed E-state index contributed by atoms with van der Waals surface area (Å²) in [5, 5.41) is 0. The summed E-state index contributed by atoms with van der Waals surface area (Å²) in [5.74, 6) is -0.338. The van der Waals surface area contributed by atoms with Crippen molar-refractivity contribution in [3.63, 3.8) is 0 Å². The molecule has 0 atom stereocenters. The number of benzene rings is 2. The lowest BCUT2D eigenvalue weighted by atomic mass is 10.1. The van der Waals surface area contributed by atoms with E-state index in [1.807, 2.05) is 30.3 Å². The van der Waals surface area contributed by atoms with Gasteiger partial charge in [0.25, 0.3) is 0 Å². The molecule has 2 aromatic carbocycles. The Morgan fingerprint density at radius 3 is 2.42 bits per heavy atom. The zero-order valence-electron chi connectivity index (χ0n) is 13.1. The molecule has 126 valence electrons. The third-order valence-corrected chi connectivity index (χ3v) is 4.60. The molecule has 0 bridgehead atoms. The normalized spacial score (nSPS) is 10.3. The highest BCUT2D eigenvalue weighted by Gasteiger charge is 2.19. The van der Waals surface area contributed by atoms with Crippen molar-refractivity contribution in [2.75, 3.05) is 6.61 Å². The van der Waals surface area contributed by atoms with Crippen molar-refractivity contribution in [1.82, 2.24) is 0 Å². The van der Waals surface area contributed by atoms with Crippen LogP contribution in [0.5, 0.6) is 5.75 Å². The van der Waals surface area contributed by atoms with Crippen LogP contribution in [-0.2, 0) is 16.1 Å². The van der Waals surface area contributed by atoms with Crippen molar-refractivity contribution in [3.8, 4) is 5.75 Å². The van der Waals surface area contributed by atoms with Crippen molar-refractivity contribution >= 4 is 43.6 Å². The lowest BCUT2D eigenvalue weighted by Gasteiger charge is -2.13. The van der Waals surface area contributed by atoms with Gasteiger partial charge >= 0.3 is 5.97 Å².